The van der Waals surface area contributed by atoms with Crippen molar-refractivity contribution in [1.82, 2.24) is 15.7 Å². The molecule has 4 fully saturated rings. The number of hydroxylamine groups is 1. The van der Waals surface area contributed by atoms with Crippen molar-refractivity contribution in [2.75, 3.05) is 45.9 Å². The summed E-state index contributed by atoms with van der Waals surface area (Å²) in [6, 6.07) is 0.601. The molecule has 7 heteroatoms. The maximum atomic E-state index is 6.03. The van der Waals surface area contributed by atoms with E-state index in [1.54, 1.807) is 4.90 Å². The molecular weight excluding hydrogens is 330 g/mol. The van der Waals surface area contributed by atoms with Gasteiger partial charge in [0, 0.05) is 44.2 Å². The van der Waals surface area contributed by atoms with E-state index in [9.17, 15) is 0 Å². The zero-order chi connectivity index (χ0) is 17.9. The van der Waals surface area contributed by atoms with Gasteiger partial charge in [-0.05, 0) is 6.42 Å². The molecule has 0 amide bonds. The van der Waals surface area contributed by atoms with Crippen LogP contribution < -0.4 is 21.0 Å². The second-order valence-electron chi connectivity index (χ2n) is 9.08. The van der Waals surface area contributed by atoms with Crippen LogP contribution in [-0.4, -0.2) is 75.4 Å². The Balaban J connectivity index is 1.24. The zero-order valence-electron chi connectivity index (χ0n) is 16.6. The van der Waals surface area contributed by atoms with Gasteiger partial charge in [-0.25, -0.2) is 4.90 Å². The Labute approximate surface area is 158 Å². The van der Waals surface area contributed by atoms with Crippen LogP contribution in [0.2, 0.25) is 0 Å². The lowest BCUT2D eigenvalue weighted by Gasteiger charge is -2.37. The molecule has 4 heterocycles. The third kappa shape index (κ3) is 4.41. The van der Waals surface area contributed by atoms with Gasteiger partial charge in [0.1, 0.15) is 12.2 Å². The lowest BCUT2D eigenvalue weighted by atomic mass is 9.94. The van der Waals surface area contributed by atoms with E-state index in [1.807, 2.05) is 0 Å². The minimum absolute atomic E-state index is 0.174. The summed E-state index contributed by atoms with van der Waals surface area (Å²) in [7, 11) is 0. The van der Waals surface area contributed by atoms with E-state index in [0.717, 1.165) is 32.2 Å². The van der Waals surface area contributed by atoms with Crippen molar-refractivity contribution in [1.29, 1.82) is 0 Å². The summed E-state index contributed by atoms with van der Waals surface area (Å²) in [6.07, 6.45) is 6.28. The van der Waals surface area contributed by atoms with Crippen LogP contribution in [0.4, 0.5) is 0 Å². The minimum Gasteiger partial charge on any atom is -0.379 e. The molecule has 4 aliphatic rings. The van der Waals surface area contributed by atoms with Crippen LogP contribution in [-0.2, 0) is 9.57 Å². The molecule has 26 heavy (non-hydrogen) atoms. The van der Waals surface area contributed by atoms with Crippen LogP contribution >= 0.6 is 0 Å². The second-order valence-corrected chi connectivity index (χ2v) is 9.08. The van der Waals surface area contributed by atoms with Crippen LogP contribution in [0, 0.1) is 11.8 Å². The summed E-state index contributed by atoms with van der Waals surface area (Å²) in [5, 5.41) is 6.34. The number of likely N-dealkylation sites (tertiary alicyclic amines) is 1. The molecule has 4 saturated heterocycles. The van der Waals surface area contributed by atoms with Gasteiger partial charge in [0.15, 0.2) is 6.23 Å². The molecule has 0 bridgehead atoms. The summed E-state index contributed by atoms with van der Waals surface area (Å²) in [5.74, 6) is 1.40. The lowest BCUT2D eigenvalue weighted by molar-refractivity contribution is -0.919. The van der Waals surface area contributed by atoms with Gasteiger partial charge < -0.3 is 15.0 Å². The standard InChI is InChI=1S/C19H37N5O2/c1-14(2)13-24-7-3-4-16(24)19-21-18(22-26-19)15-5-6-17(20-12-15)23-8-10-25-11-9-23/h14-22H,3-13H2,1-2H3/p+2/t15?,16-,17?,18?,19?/m0/s1. The molecule has 5 unspecified atom stereocenters. The number of hydrogen-bond acceptors (Lipinski definition) is 5. The third-order valence-corrected chi connectivity index (χ3v) is 6.77. The highest BCUT2D eigenvalue weighted by molar-refractivity contribution is 4.84. The van der Waals surface area contributed by atoms with E-state index in [0.29, 0.717) is 24.3 Å². The number of rotatable bonds is 5. The Morgan fingerprint density at radius 3 is 2.77 bits per heavy atom. The van der Waals surface area contributed by atoms with Crippen LogP contribution in [0.15, 0.2) is 0 Å². The highest BCUT2D eigenvalue weighted by Crippen LogP contribution is 2.20. The maximum absolute atomic E-state index is 6.03. The van der Waals surface area contributed by atoms with Gasteiger partial charge in [-0.1, -0.05) is 13.8 Å². The molecule has 0 aromatic carbocycles. The Kier molecular flexibility index (Phi) is 6.46. The summed E-state index contributed by atoms with van der Waals surface area (Å²) in [5.41, 5.74) is 3.34. The number of quaternary nitrogens is 2. The number of piperidine rings is 1. The van der Waals surface area contributed by atoms with Crippen molar-refractivity contribution in [2.24, 2.45) is 11.8 Å². The van der Waals surface area contributed by atoms with Crippen molar-refractivity contribution in [3.05, 3.63) is 0 Å². The van der Waals surface area contributed by atoms with Crippen molar-refractivity contribution in [2.45, 2.75) is 64.1 Å². The fourth-order valence-electron chi connectivity index (χ4n) is 5.40. The van der Waals surface area contributed by atoms with Gasteiger partial charge in [0.2, 0.25) is 0 Å². The van der Waals surface area contributed by atoms with E-state index >= 15 is 0 Å². The largest absolute Gasteiger partial charge is 0.379 e. The highest BCUT2D eigenvalue weighted by atomic mass is 16.7. The van der Waals surface area contributed by atoms with E-state index in [2.05, 4.69) is 34.9 Å². The van der Waals surface area contributed by atoms with E-state index in [1.165, 1.54) is 45.3 Å². The minimum atomic E-state index is 0.174. The number of nitrogens with one attached hydrogen (secondary N) is 3. The number of nitrogens with two attached hydrogens (primary N) is 1. The summed E-state index contributed by atoms with van der Waals surface area (Å²) >= 11 is 0. The zero-order valence-corrected chi connectivity index (χ0v) is 16.6. The Bertz CT molecular complexity index is 438. The Hall–Kier alpha value is -0.280. The molecule has 0 aromatic rings. The molecule has 150 valence electrons. The first-order chi connectivity index (χ1) is 12.7. The average molecular weight is 370 g/mol. The average Bonchev–Trinajstić information content (AvgIpc) is 3.31. The maximum Gasteiger partial charge on any atom is 0.183 e. The van der Waals surface area contributed by atoms with E-state index in [4.69, 9.17) is 9.57 Å². The SMILES string of the molecule is CC(C)C[NH+]1CCC[C@H]1C1NC(C2CCC(N3CCOCC3)[NH2+]C2)NO1. The first-order valence-corrected chi connectivity index (χ1v) is 10.9. The van der Waals surface area contributed by atoms with Gasteiger partial charge in [-0.2, -0.15) is 5.48 Å². The number of hydrogen-bond donors (Lipinski definition) is 4. The van der Waals surface area contributed by atoms with Gasteiger partial charge in [0.25, 0.3) is 0 Å². The predicted octanol–water partition coefficient (Wildman–Crippen LogP) is -1.90. The molecule has 0 radical (unpaired) electrons. The fraction of sp³-hybridized carbons (Fsp3) is 1.00. The number of morpholine rings is 1. The third-order valence-electron chi connectivity index (χ3n) is 6.77. The smallest absolute Gasteiger partial charge is 0.183 e. The topological polar surface area (TPSA) is 66.8 Å². The highest BCUT2D eigenvalue weighted by Gasteiger charge is 2.44. The van der Waals surface area contributed by atoms with Gasteiger partial charge >= 0.3 is 0 Å². The molecule has 5 N–H and O–H groups in total. The Morgan fingerprint density at radius 1 is 1.19 bits per heavy atom. The molecule has 7 nitrogen and oxygen atoms in total. The molecule has 6 atom stereocenters. The van der Waals surface area contributed by atoms with E-state index in [-0.39, 0.29) is 6.23 Å². The number of nitrogens with zero attached hydrogens (tertiary/aromatic N) is 1. The van der Waals surface area contributed by atoms with Crippen LogP contribution in [0.25, 0.3) is 0 Å². The first kappa shape index (κ1) is 19.1. The monoisotopic (exact) mass is 369 g/mol. The summed E-state index contributed by atoms with van der Waals surface area (Å²) < 4.78 is 5.49. The van der Waals surface area contributed by atoms with Gasteiger partial charge in [-0.3, -0.25) is 10.2 Å². The lowest BCUT2D eigenvalue weighted by Crippen LogP contribution is -3.15. The van der Waals surface area contributed by atoms with Crippen molar-refractivity contribution < 1.29 is 19.8 Å². The molecule has 0 aliphatic carbocycles. The Morgan fingerprint density at radius 2 is 2.04 bits per heavy atom. The molecule has 0 spiro atoms. The molecule has 0 saturated carbocycles. The first-order valence-electron chi connectivity index (χ1n) is 10.9. The van der Waals surface area contributed by atoms with Crippen molar-refractivity contribution in [3.8, 4) is 0 Å². The van der Waals surface area contributed by atoms with Gasteiger partial charge in [0.05, 0.1) is 39.0 Å². The van der Waals surface area contributed by atoms with Crippen molar-refractivity contribution in [3.63, 3.8) is 0 Å². The molecule has 4 rings (SSSR count). The fourth-order valence-corrected chi connectivity index (χ4v) is 5.40. The van der Waals surface area contributed by atoms with Crippen LogP contribution in [0.3, 0.4) is 0 Å². The van der Waals surface area contributed by atoms with Crippen LogP contribution in [0.1, 0.15) is 39.5 Å². The van der Waals surface area contributed by atoms with Crippen molar-refractivity contribution >= 4 is 0 Å². The molecule has 0 aromatic heterocycles. The summed E-state index contributed by atoms with van der Waals surface area (Å²) in [4.78, 5) is 10.4. The summed E-state index contributed by atoms with van der Waals surface area (Å²) in [6.45, 7) is 12.4. The second kappa shape index (κ2) is 8.82. The van der Waals surface area contributed by atoms with Gasteiger partial charge in [-0.15, -0.1) is 0 Å². The quantitative estimate of drug-likeness (QED) is 0.456. The number of ether oxygens (including phenoxy) is 1. The molecule has 4 aliphatic heterocycles. The molecular formula is C19H39N5O2+2. The van der Waals surface area contributed by atoms with E-state index < -0.39 is 0 Å². The van der Waals surface area contributed by atoms with Crippen LogP contribution in [0.5, 0.6) is 0 Å². The predicted molar refractivity (Wildman–Crippen MR) is 99.2 cm³/mol. The normalized spacial score (nSPS) is 42.6.